The van der Waals surface area contributed by atoms with Gasteiger partial charge < -0.3 is 9.47 Å². The topological polar surface area (TPSA) is 52.6 Å². The lowest BCUT2D eigenvalue weighted by Crippen LogP contribution is -2.25. The van der Waals surface area contributed by atoms with Crippen molar-refractivity contribution in [1.82, 2.24) is 0 Å². The molecule has 2 aromatic rings. The molecule has 0 aliphatic rings. The standard InChI is InChI=1S/C18H22O4S/c1-3-21-17(15-11-7-5-8-12-15)23(19,20)18(22-4-2)16-13-9-6-10-14-16/h5-14,17-18H,3-4H2,1-2H3. The minimum absolute atomic E-state index is 0.298. The van der Waals surface area contributed by atoms with Gasteiger partial charge in [0.05, 0.1) is 0 Å². The molecule has 0 aliphatic carbocycles. The molecule has 124 valence electrons. The Bertz CT molecular complexity index is 628. The lowest BCUT2D eigenvalue weighted by molar-refractivity contribution is 0.0898. The molecule has 2 unspecified atom stereocenters. The van der Waals surface area contributed by atoms with E-state index in [1.807, 2.05) is 12.1 Å². The van der Waals surface area contributed by atoms with Crippen LogP contribution in [0.25, 0.3) is 0 Å². The summed E-state index contributed by atoms with van der Waals surface area (Å²) in [5.41, 5.74) is -0.888. The van der Waals surface area contributed by atoms with Crippen LogP contribution >= 0.6 is 0 Å². The van der Waals surface area contributed by atoms with Gasteiger partial charge in [-0.1, -0.05) is 60.7 Å². The summed E-state index contributed by atoms with van der Waals surface area (Å²) in [6.45, 7) is 4.16. The second-order valence-corrected chi connectivity index (χ2v) is 7.02. The molecule has 0 saturated carbocycles. The molecule has 2 aromatic carbocycles. The Hall–Kier alpha value is -1.69. The van der Waals surface area contributed by atoms with Crippen LogP contribution in [-0.4, -0.2) is 21.6 Å². The van der Waals surface area contributed by atoms with Crippen LogP contribution in [0.1, 0.15) is 35.8 Å². The fourth-order valence-electron chi connectivity index (χ4n) is 2.40. The van der Waals surface area contributed by atoms with Gasteiger partial charge in [0, 0.05) is 13.2 Å². The SMILES string of the molecule is CCOC(c1ccccc1)S(=O)(=O)C(OCC)c1ccccc1. The summed E-state index contributed by atoms with van der Waals surface area (Å²) in [4.78, 5) is 0. The van der Waals surface area contributed by atoms with Crippen molar-refractivity contribution < 1.29 is 17.9 Å². The number of sulfone groups is 1. The number of rotatable bonds is 8. The molecule has 2 rings (SSSR count). The summed E-state index contributed by atoms with van der Waals surface area (Å²) in [5, 5.41) is 0. The zero-order valence-corrected chi connectivity index (χ0v) is 14.2. The van der Waals surface area contributed by atoms with Crippen LogP contribution in [0.4, 0.5) is 0 Å². The summed E-state index contributed by atoms with van der Waals surface area (Å²) >= 11 is 0. The number of hydrogen-bond donors (Lipinski definition) is 0. The average molecular weight is 334 g/mol. The van der Waals surface area contributed by atoms with Crippen LogP contribution in [0.15, 0.2) is 60.7 Å². The van der Waals surface area contributed by atoms with Gasteiger partial charge in [-0.25, -0.2) is 8.42 Å². The van der Waals surface area contributed by atoms with Gasteiger partial charge >= 0.3 is 0 Å². The highest BCUT2D eigenvalue weighted by Crippen LogP contribution is 2.35. The van der Waals surface area contributed by atoms with E-state index in [9.17, 15) is 8.42 Å². The minimum atomic E-state index is -3.74. The fourth-order valence-corrected chi connectivity index (χ4v) is 4.35. The monoisotopic (exact) mass is 334 g/mol. The molecule has 0 radical (unpaired) electrons. The third-order valence-electron chi connectivity index (χ3n) is 3.38. The first kappa shape index (κ1) is 17.7. The predicted molar refractivity (Wildman–Crippen MR) is 90.5 cm³/mol. The molecule has 23 heavy (non-hydrogen) atoms. The van der Waals surface area contributed by atoms with Crippen molar-refractivity contribution >= 4 is 9.84 Å². The molecular formula is C18H22O4S. The van der Waals surface area contributed by atoms with Crippen LogP contribution in [0.5, 0.6) is 0 Å². The van der Waals surface area contributed by atoms with E-state index in [1.54, 1.807) is 62.4 Å². The molecule has 0 aliphatic heterocycles. The van der Waals surface area contributed by atoms with E-state index in [0.29, 0.717) is 24.3 Å². The third kappa shape index (κ3) is 4.19. The Labute approximate surface area is 138 Å². The third-order valence-corrected chi connectivity index (χ3v) is 5.39. The summed E-state index contributed by atoms with van der Waals surface area (Å²) in [6.07, 6.45) is 0. The molecule has 0 N–H and O–H groups in total. The predicted octanol–water partition coefficient (Wildman–Crippen LogP) is 3.87. The molecule has 0 amide bonds. The first-order valence-corrected chi connectivity index (χ1v) is 9.28. The highest BCUT2D eigenvalue weighted by molar-refractivity contribution is 7.91. The van der Waals surface area contributed by atoms with E-state index in [4.69, 9.17) is 9.47 Å². The van der Waals surface area contributed by atoms with Crippen LogP contribution in [0.3, 0.4) is 0 Å². The van der Waals surface area contributed by atoms with Gasteiger partial charge in [-0.3, -0.25) is 0 Å². The van der Waals surface area contributed by atoms with Gasteiger partial charge in [0.2, 0.25) is 9.84 Å². The second-order valence-electron chi connectivity index (χ2n) is 4.98. The zero-order valence-electron chi connectivity index (χ0n) is 13.4. The van der Waals surface area contributed by atoms with Gasteiger partial charge in [-0.05, 0) is 25.0 Å². The normalized spacial score (nSPS) is 14.3. The van der Waals surface area contributed by atoms with Crippen molar-refractivity contribution in [3.8, 4) is 0 Å². The number of ether oxygens (including phenoxy) is 2. The van der Waals surface area contributed by atoms with E-state index in [2.05, 4.69) is 0 Å². The Kier molecular flexibility index (Phi) is 6.33. The molecule has 5 heteroatoms. The van der Waals surface area contributed by atoms with Crippen LogP contribution in [-0.2, 0) is 19.3 Å². The quantitative estimate of drug-likeness (QED) is 0.735. The smallest absolute Gasteiger partial charge is 0.212 e. The van der Waals surface area contributed by atoms with Gasteiger partial charge in [-0.2, -0.15) is 0 Å². The molecular weight excluding hydrogens is 312 g/mol. The van der Waals surface area contributed by atoms with E-state index < -0.39 is 20.7 Å². The summed E-state index contributed by atoms with van der Waals surface area (Å²) in [6, 6.07) is 17.9. The molecule has 0 saturated heterocycles. The van der Waals surface area contributed by atoms with Crippen molar-refractivity contribution in [2.75, 3.05) is 13.2 Å². The fraction of sp³-hybridized carbons (Fsp3) is 0.333. The van der Waals surface area contributed by atoms with Crippen LogP contribution < -0.4 is 0 Å². The molecule has 2 atom stereocenters. The van der Waals surface area contributed by atoms with Crippen molar-refractivity contribution in [1.29, 1.82) is 0 Å². The lowest BCUT2D eigenvalue weighted by atomic mass is 10.2. The summed E-state index contributed by atoms with van der Waals surface area (Å²) in [5.74, 6) is 0. The highest BCUT2D eigenvalue weighted by atomic mass is 32.2. The van der Waals surface area contributed by atoms with Gasteiger partial charge in [0.15, 0.2) is 10.9 Å². The van der Waals surface area contributed by atoms with E-state index in [0.717, 1.165) is 0 Å². The second kappa shape index (κ2) is 8.24. The van der Waals surface area contributed by atoms with E-state index in [-0.39, 0.29) is 0 Å². The highest BCUT2D eigenvalue weighted by Gasteiger charge is 2.37. The Morgan fingerprint density at radius 3 is 1.39 bits per heavy atom. The van der Waals surface area contributed by atoms with Gasteiger partial charge in [0.25, 0.3) is 0 Å². The Morgan fingerprint density at radius 2 is 1.09 bits per heavy atom. The van der Waals surface area contributed by atoms with Crippen molar-refractivity contribution in [3.63, 3.8) is 0 Å². The average Bonchev–Trinajstić information content (AvgIpc) is 2.58. The van der Waals surface area contributed by atoms with E-state index >= 15 is 0 Å². The van der Waals surface area contributed by atoms with Gasteiger partial charge in [-0.15, -0.1) is 0 Å². The molecule has 0 aromatic heterocycles. The maximum atomic E-state index is 13.2. The minimum Gasteiger partial charge on any atom is -0.358 e. The largest absolute Gasteiger partial charge is 0.358 e. The van der Waals surface area contributed by atoms with Crippen LogP contribution in [0, 0.1) is 0 Å². The zero-order chi connectivity index (χ0) is 16.7. The van der Waals surface area contributed by atoms with Crippen LogP contribution in [0.2, 0.25) is 0 Å². The molecule has 0 heterocycles. The van der Waals surface area contributed by atoms with Crippen molar-refractivity contribution in [2.45, 2.75) is 24.7 Å². The molecule has 0 fully saturated rings. The maximum absolute atomic E-state index is 13.2. The first-order chi connectivity index (χ1) is 11.1. The lowest BCUT2D eigenvalue weighted by Gasteiger charge is -2.25. The number of benzene rings is 2. The first-order valence-electron chi connectivity index (χ1n) is 7.67. The molecule has 4 nitrogen and oxygen atoms in total. The Morgan fingerprint density at radius 1 is 0.739 bits per heavy atom. The Balaban J connectivity index is 2.45. The maximum Gasteiger partial charge on any atom is 0.212 e. The number of hydrogen-bond acceptors (Lipinski definition) is 4. The summed E-state index contributed by atoms with van der Waals surface area (Å²) in [7, 11) is -3.74. The van der Waals surface area contributed by atoms with E-state index in [1.165, 1.54) is 0 Å². The van der Waals surface area contributed by atoms with Crippen molar-refractivity contribution in [2.24, 2.45) is 0 Å². The van der Waals surface area contributed by atoms with Crippen molar-refractivity contribution in [3.05, 3.63) is 71.8 Å². The summed E-state index contributed by atoms with van der Waals surface area (Å²) < 4.78 is 37.5. The molecule has 0 spiro atoms. The molecule has 0 bridgehead atoms. The van der Waals surface area contributed by atoms with Gasteiger partial charge in [0.1, 0.15) is 0 Å².